The van der Waals surface area contributed by atoms with E-state index in [1.165, 1.54) is 0 Å². The summed E-state index contributed by atoms with van der Waals surface area (Å²) >= 11 is 0. The number of carbonyl (C=O) groups is 1. The monoisotopic (exact) mass is 563 g/mol. The van der Waals surface area contributed by atoms with Crippen molar-refractivity contribution in [3.63, 3.8) is 0 Å². The van der Waals surface area contributed by atoms with Gasteiger partial charge in [-0.1, -0.05) is 42.5 Å². The van der Waals surface area contributed by atoms with Gasteiger partial charge in [0.05, 0.1) is 11.2 Å². The van der Waals surface area contributed by atoms with E-state index in [0.29, 0.717) is 30.8 Å². The molecule has 0 amide bonds. The minimum Gasteiger partial charge on any atom is -0.354 e. The number of rotatable bonds is 7. The predicted molar refractivity (Wildman–Crippen MR) is 159 cm³/mol. The van der Waals surface area contributed by atoms with Crippen LogP contribution in [0.5, 0.6) is 0 Å². The highest BCUT2D eigenvalue weighted by molar-refractivity contribution is 7.89. The van der Waals surface area contributed by atoms with E-state index < -0.39 is 10.0 Å². The zero-order chi connectivity index (χ0) is 28.4. The third-order valence-corrected chi connectivity index (χ3v) is 9.44. The largest absolute Gasteiger partial charge is 0.354 e. The molecule has 0 spiro atoms. The first-order valence-electron chi connectivity index (χ1n) is 13.4. The van der Waals surface area contributed by atoms with E-state index in [-0.39, 0.29) is 16.7 Å². The van der Waals surface area contributed by atoms with Gasteiger partial charge in [0.2, 0.25) is 10.0 Å². The normalized spacial score (nSPS) is 16.0. The van der Waals surface area contributed by atoms with Gasteiger partial charge in [0.15, 0.2) is 5.78 Å². The molecule has 0 N–H and O–H groups in total. The van der Waals surface area contributed by atoms with Crippen LogP contribution in [0.3, 0.4) is 0 Å². The summed E-state index contributed by atoms with van der Waals surface area (Å²) in [5.41, 5.74) is 3.90. The Morgan fingerprint density at radius 1 is 0.805 bits per heavy atom. The van der Waals surface area contributed by atoms with Gasteiger partial charge in [0, 0.05) is 61.1 Å². The summed E-state index contributed by atoms with van der Waals surface area (Å²) in [6.07, 6.45) is 7.02. The number of ketones is 1. The molecule has 3 aromatic carbocycles. The van der Waals surface area contributed by atoms with Crippen LogP contribution in [0.25, 0.3) is 16.8 Å². The molecule has 41 heavy (non-hydrogen) atoms. The highest BCUT2D eigenvalue weighted by Crippen LogP contribution is 2.27. The number of anilines is 1. The van der Waals surface area contributed by atoms with E-state index >= 15 is 0 Å². The molecule has 0 radical (unpaired) electrons. The zero-order valence-electron chi connectivity index (χ0n) is 22.5. The molecule has 8 nitrogen and oxygen atoms in total. The first-order valence-corrected chi connectivity index (χ1v) is 14.9. The molecule has 0 saturated carbocycles. The van der Waals surface area contributed by atoms with Crippen LogP contribution in [0.1, 0.15) is 22.8 Å². The van der Waals surface area contributed by atoms with E-state index in [0.717, 1.165) is 22.6 Å². The number of sulfonamides is 1. The quantitative estimate of drug-likeness (QED) is 0.257. The molecule has 1 atom stereocenters. The summed E-state index contributed by atoms with van der Waals surface area (Å²) in [6, 6.07) is 27.3. The molecule has 206 valence electrons. The lowest BCUT2D eigenvalue weighted by molar-refractivity contribution is 0.103. The van der Waals surface area contributed by atoms with Gasteiger partial charge < -0.3 is 9.47 Å². The first-order chi connectivity index (χ1) is 19.9. The van der Waals surface area contributed by atoms with Crippen molar-refractivity contribution in [2.24, 2.45) is 0 Å². The van der Waals surface area contributed by atoms with Crippen LogP contribution in [0.2, 0.25) is 0 Å². The van der Waals surface area contributed by atoms with Crippen molar-refractivity contribution in [1.82, 2.24) is 18.8 Å². The molecule has 0 bridgehead atoms. The number of imidazole rings is 1. The molecule has 6 rings (SSSR count). The van der Waals surface area contributed by atoms with Crippen molar-refractivity contribution in [2.45, 2.75) is 17.9 Å². The second kappa shape index (κ2) is 11.1. The molecule has 0 aliphatic carbocycles. The Morgan fingerprint density at radius 3 is 2.05 bits per heavy atom. The molecule has 1 unspecified atom stereocenters. The van der Waals surface area contributed by atoms with Gasteiger partial charge in [-0.15, -0.1) is 0 Å². The Hall–Kier alpha value is -4.60. The Labute approximate surface area is 239 Å². The molecular weight excluding hydrogens is 534 g/mol. The van der Waals surface area contributed by atoms with Crippen LogP contribution < -0.4 is 4.90 Å². The summed E-state index contributed by atoms with van der Waals surface area (Å²) in [7, 11) is -3.65. The number of carbonyl (C=O) groups excluding carboxylic acids is 1. The molecule has 1 fully saturated rings. The highest BCUT2D eigenvalue weighted by Gasteiger charge is 2.34. The van der Waals surface area contributed by atoms with Gasteiger partial charge in [-0.2, -0.15) is 4.31 Å². The molecule has 9 heteroatoms. The van der Waals surface area contributed by atoms with Gasteiger partial charge >= 0.3 is 0 Å². The highest BCUT2D eigenvalue weighted by atomic mass is 32.2. The maximum atomic E-state index is 13.5. The first kappa shape index (κ1) is 26.6. The van der Waals surface area contributed by atoms with Crippen LogP contribution in [0.15, 0.2) is 121 Å². The topological polar surface area (TPSA) is 88.4 Å². The molecule has 1 saturated heterocycles. The Bertz CT molecular complexity index is 1740. The smallest absolute Gasteiger partial charge is 0.243 e. The molecule has 3 heterocycles. The average Bonchev–Trinajstić information content (AvgIpc) is 3.57. The summed E-state index contributed by atoms with van der Waals surface area (Å²) < 4.78 is 30.4. The lowest BCUT2D eigenvalue weighted by Crippen LogP contribution is -2.54. The number of nitrogens with zero attached hydrogens (tertiary/aromatic N) is 5. The number of aromatic nitrogens is 3. The minimum atomic E-state index is -3.65. The van der Waals surface area contributed by atoms with E-state index in [1.807, 2.05) is 84.4 Å². The van der Waals surface area contributed by atoms with Crippen molar-refractivity contribution >= 4 is 21.6 Å². The van der Waals surface area contributed by atoms with Crippen molar-refractivity contribution < 1.29 is 13.2 Å². The van der Waals surface area contributed by atoms with Crippen molar-refractivity contribution in [3.05, 3.63) is 127 Å². The van der Waals surface area contributed by atoms with Gasteiger partial charge in [0.25, 0.3) is 0 Å². The fourth-order valence-electron chi connectivity index (χ4n) is 5.18. The minimum absolute atomic E-state index is 0.0626. The second-order valence-electron chi connectivity index (χ2n) is 10.0. The lowest BCUT2D eigenvalue weighted by Gasteiger charge is -2.39. The average molecular weight is 564 g/mol. The molecular formula is C32H29N5O3S. The number of piperazine rings is 1. The third-order valence-electron chi connectivity index (χ3n) is 7.41. The Kier molecular flexibility index (Phi) is 7.21. The third kappa shape index (κ3) is 5.41. The Balaban J connectivity index is 1.13. The SMILES string of the molecule is CC1CN(c2ccccn2)CCN1S(=O)(=O)c1ccc(-c2ccc(C(=O)c3ccc(-n4ccnc4)cc3)cc2)cc1. The number of hydrogen-bond donors (Lipinski definition) is 0. The fraction of sp³-hybridized carbons (Fsp3) is 0.156. The van der Waals surface area contributed by atoms with Crippen LogP contribution in [-0.2, 0) is 10.0 Å². The van der Waals surface area contributed by atoms with Crippen molar-refractivity contribution in [3.8, 4) is 16.8 Å². The van der Waals surface area contributed by atoms with Crippen LogP contribution in [-0.4, -0.2) is 58.7 Å². The van der Waals surface area contributed by atoms with Gasteiger partial charge in [-0.05, 0) is 66.6 Å². The number of pyridine rings is 1. The standard InChI is InChI=1S/C32H29N5O3S/c1-24-22-35(31-4-2-3-17-34-31)20-21-37(24)41(39,40)30-15-11-26(12-16-30)25-5-7-27(8-6-25)32(38)28-9-13-29(14-10-28)36-19-18-33-23-36/h2-19,23-24H,20-22H2,1H3. The van der Waals surface area contributed by atoms with Gasteiger partial charge in [-0.25, -0.2) is 18.4 Å². The van der Waals surface area contributed by atoms with Crippen LogP contribution in [0, 0.1) is 0 Å². The van der Waals surface area contributed by atoms with Gasteiger partial charge in [-0.3, -0.25) is 4.79 Å². The van der Waals surface area contributed by atoms with E-state index in [4.69, 9.17) is 0 Å². The zero-order valence-corrected chi connectivity index (χ0v) is 23.4. The molecule has 2 aromatic heterocycles. The summed E-state index contributed by atoms with van der Waals surface area (Å²) in [6.45, 7) is 3.48. The van der Waals surface area contributed by atoms with E-state index in [9.17, 15) is 13.2 Å². The summed E-state index contributed by atoms with van der Waals surface area (Å²) in [4.78, 5) is 23.9. The van der Waals surface area contributed by atoms with Crippen molar-refractivity contribution in [1.29, 1.82) is 0 Å². The maximum absolute atomic E-state index is 13.5. The molecule has 1 aliphatic rings. The lowest BCUT2D eigenvalue weighted by atomic mass is 9.99. The predicted octanol–water partition coefficient (Wildman–Crippen LogP) is 5.06. The molecule has 1 aliphatic heterocycles. The van der Waals surface area contributed by atoms with Crippen LogP contribution in [0.4, 0.5) is 5.82 Å². The Morgan fingerprint density at radius 2 is 1.46 bits per heavy atom. The van der Waals surface area contributed by atoms with Crippen LogP contribution >= 0.6 is 0 Å². The van der Waals surface area contributed by atoms with E-state index in [1.54, 1.807) is 47.3 Å². The van der Waals surface area contributed by atoms with Gasteiger partial charge in [0.1, 0.15) is 5.82 Å². The summed E-state index contributed by atoms with van der Waals surface area (Å²) in [5, 5.41) is 0. The van der Waals surface area contributed by atoms with E-state index in [2.05, 4.69) is 14.9 Å². The fourth-order valence-corrected chi connectivity index (χ4v) is 6.79. The molecule has 5 aromatic rings. The summed E-state index contributed by atoms with van der Waals surface area (Å²) in [5.74, 6) is 0.796. The number of benzene rings is 3. The van der Waals surface area contributed by atoms with Crippen molar-refractivity contribution in [2.75, 3.05) is 24.5 Å². The maximum Gasteiger partial charge on any atom is 0.243 e. The second-order valence-corrected chi connectivity index (χ2v) is 11.9. The number of hydrogen-bond acceptors (Lipinski definition) is 6.